The Morgan fingerprint density at radius 1 is 1.30 bits per heavy atom. The van der Waals surface area contributed by atoms with Crippen LogP contribution in [0.3, 0.4) is 0 Å². The number of halogens is 1. The van der Waals surface area contributed by atoms with Gasteiger partial charge in [0.1, 0.15) is 11.4 Å². The molecule has 0 saturated carbocycles. The molecule has 0 bridgehead atoms. The number of hydrogen-bond acceptors (Lipinski definition) is 4. The first kappa shape index (κ1) is 24.0. The van der Waals surface area contributed by atoms with Gasteiger partial charge in [-0.2, -0.15) is 0 Å². The van der Waals surface area contributed by atoms with Crippen molar-refractivity contribution in [1.82, 2.24) is 10.2 Å². The van der Waals surface area contributed by atoms with Crippen molar-refractivity contribution in [3.05, 3.63) is 30.3 Å². The van der Waals surface area contributed by atoms with E-state index >= 15 is 0 Å². The predicted molar refractivity (Wildman–Crippen MR) is 122 cm³/mol. The third-order valence-corrected chi connectivity index (χ3v) is 6.96. The summed E-state index contributed by atoms with van der Waals surface area (Å²) in [6, 6.07) is 9.68. The number of guanidine groups is 1. The molecular weight excluding hydrogens is 477 g/mol. The van der Waals surface area contributed by atoms with Gasteiger partial charge in [0.2, 0.25) is 0 Å². The first-order valence-electron chi connectivity index (χ1n) is 9.06. The van der Waals surface area contributed by atoms with Crippen LogP contribution in [-0.4, -0.2) is 61.6 Å². The summed E-state index contributed by atoms with van der Waals surface area (Å²) in [7, 11) is -3.08. The van der Waals surface area contributed by atoms with Crippen LogP contribution < -0.4 is 10.1 Å². The topological polar surface area (TPSA) is 71.0 Å². The number of nitrogens with one attached hydrogen (secondary N) is 1. The molecule has 27 heavy (non-hydrogen) atoms. The van der Waals surface area contributed by atoms with E-state index < -0.39 is 20.2 Å². The summed E-state index contributed by atoms with van der Waals surface area (Å²) < 4.78 is 29.7. The van der Waals surface area contributed by atoms with Gasteiger partial charge in [-0.15, -0.1) is 24.0 Å². The average Bonchev–Trinajstić information content (AvgIpc) is 2.55. The molecule has 1 aliphatic heterocycles. The Bertz CT molecular complexity index is 734. The Kier molecular flexibility index (Phi) is 8.40. The molecule has 0 aromatic heterocycles. The minimum atomic E-state index is -3.08. The molecule has 2 rings (SSSR count). The summed E-state index contributed by atoms with van der Waals surface area (Å²) in [5, 5.41) is 3.28. The highest BCUT2D eigenvalue weighted by Gasteiger charge is 2.41. The molecular formula is C19H32IN3O3S. The van der Waals surface area contributed by atoms with Crippen LogP contribution in [0.15, 0.2) is 35.3 Å². The highest BCUT2D eigenvalue weighted by Crippen LogP contribution is 2.24. The van der Waals surface area contributed by atoms with Crippen LogP contribution in [0.2, 0.25) is 0 Å². The Morgan fingerprint density at radius 2 is 1.93 bits per heavy atom. The van der Waals surface area contributed by atoms with Gasteiger partial charge in [-0.1, -0.05) is 18.2 Å². The molecule has 6 nitrogen and oxygen atoms in total. The third-order valence-electron chi connectivity index (χ3n) is 4.42. The van der Waals surface area contributed by atoms with Crippen molar-refractivity contribution in [3.8, 4) is 5.75 Å². The molecule has 8 heteroatoms. The Labute approximate surface area is 180 Å². The number of nitrogens with zero attached hydrogens (tertiary/aromatic N) is 2. The molecule has 1 N–H and O–H groups in total. The zero-order valence-corrected chi connectivity index (χ0v) is 20.0. The molecule has 1 heterocycles. The van der Waals surface area contributed by atoms with Gasteiger partial charge in [-0.3, -0.25) is 0 Å². The summed E-state index contributed by atoms with van der Waals surface area (Å²) in [6.07, 6.45) is 0. The molecule has 1 aromatic carbocycles. The zero-order valence-electron chi connectivity index (χ0n) is 16.9. The van der Waals surface area contributed by atoms with Gasteiger partial charge in [0, 0.05) is 19.6 Å². The van der Waals surface area contributed by atoms with E-state index in [0.717, 1.165) is 18.3 Å². The molecule has 1 aromatic rings. The molecule has 0 amide bonds. The smallest absolute Gasteiger partial charge is 0.194 e. The zero-order chi connectivity index (χ0) is 19.4. The maximum Gasteiger partial charge on any atom is 0.194 e. The quantitative estimate of drug-likeness (QED) is 0.376. The van der Waals surface area contributed by atoms with Crippen molar-refractivity contribution < 1.29 is 13.2 Å². The van der Waals surface area contributed by atoms with E-state index in [1.165, 1.54) is 0 Å². The van der Waals surface area contributed by atoms with Crippen molar-refractivity contribution in [2.75, 3.05) is 31.9 Å². The first-order valence-corrected chi connectivity index (χ1v) is 10.7. The molecule has 0 aliphatic carbocycles. The van der Waals surface area contributed by atoms with Crippen LogP contribution >= 0.6 is 24.0 Å². The summed E-state index contributed by atoms with van der Waals surface area (Å²) in [5.74, 6) is 1.69. The fourth-order valence-corrected chi connectivity index (χ4v) is 4.22. The number of aliphatic imine (C=N–C) groups is 1. The van der Waals surface area contributed by atoms with E-state index in [1.807, 2.05) is 56.0 Å². The Morgan fingerprint density at radius 3 is 2.48 bits per heavy atom. The van der Waals surface area contributed by atoms with Crippen LogP contribution in [0, 0.1) is 0 Å². The molecule has 1 fully saturated rings. The Hall–Kier alpha value is -1.03. The van der Waals surface area contributed by atoms with Crippen molar-refractivity contribution in [1.29, 1.82) is 0 Å². The summed E-state index contributed by atoms with van der Waals surface area (Å²) >= 11 is 0. The Balaban J connectivity index is 0.00000364. The van der Waals surface area contributed by atoms with E-state index in [9.17, 15) is 8.42 Å². The van der Waals surface area contributed by atoms with E-state index in [0.29, 0.717) is 19.6 Å². The second-order valence-electron chi connectivity index (χ2n) is 7.85. The lowest BCUT2D eigenvalue weighted by molar-refractivity contribution is 0.119. The van der Waals surface area contributed by atoms with Gasteiger partial charge in [0.05, 0.1) is 17.0 Å². The molecule has 0 unspecified atom stereocenters. The molecule has 0 spiro atoms. The van der Waals surface area contributed by atoms with Crippen molar-refractivity contribution in [2.24, 2.45) is 4.99 Å². The van der Waals surface area contributed by atoms with Gasteiger partial charge in [-0.25, -0.2) is 13.4 Å². The first-order chi connectivity index (χ1) is 12.1. The minimum Gasteiger partial charge on any atom is -0.486 e. The molecule has 0 atom stereocenters. The SMILES string of the molecule is CCNC(=NCC(C)(C)Oc1ccccc1)N1CCS(=O)(=O)C(C)(C)C1.I. The lowest BCUT2D eigenvalue weighted by Gasteiger charge is -2.39. The molecule has 1 saturated heterocycles. The molecule has 0 radical (unpaired) electrons. The minimum absolute atomic E-state index is 0. The number of ether oxygens (including phenoxy) is 1. The van der Waals surface area contributed by atoms with Gasteiger partial charge in [0.25, 0.3) is 0 Å². The maximum atomic E-state index is 12.2. The highest BCUT2D eigenvalue weighted by atomic mass is 127. The number of hydrogen-bond donors (Lipinski definition) is 1. The second-order valence-corrected chi connectivity index (χ2v) is 10.6. The van der Waals surface area contributed by atoms with Crippen LogP contribution in [0.4, 0.5) is 0 Å². The number of benzene rings is 1. The average molecular weight is 509 g/mol. The second kappa shape index (κ2) is 9.45. The van der Waals surface area contributed by atoms with Gasteiger partial charge < -0.3 is 15.0 Å². The standard InChI is InChI=1S/C19H31N3O3S.HI/c1-6-20-17(22-12-13-26(23,24)19(4,5)15-22)21-14-18(2,3)25-16-10-8-7-9-11-16;/h7-11H,6,12-15H2,1-5H3,(H,20,21);1H. The molecule has 1 aliphatic rings. The summed E-state index contributed by atoms with van der Waals surface area (Å²) in [4.78, 5) is 6.76. The summed E-state index contributed by atoms with van der Waals surface area (Å²) in [6.45, 7) is 11.6. The lowest BCUT2D eigenvalue weighted by Crippen LogP contribution is -2.57. The van der Waals surface area contributed by atoms with E-state index in [2.05, 4.69) is 5.32 Å². The maximum absolute atomic E-state index is 12.2. The van der Waals surface area contributed by atoms with Crippen LogP contribution in [0.25, 0.3) is 0 Å². The van der Waals surface area contributed by atoms with Crippen LogP contribution in [-0.2, 0) is 9.84 Å². The number of para-hydroxylation sites is 1. The van der Waals surface area contributed by atoms with Crippen LogP contribution in [0.5, 0.6) is 5.75 Å². The van der Waals surface area contributed by atoms with Gasteiger partial charge in [0.15, 0.2) is 15.8 Å². The van der Waals surface area contributed by atoms with E-state index in [1.54, 1.807) is 13.8 Å². The monoisotopic (exact) mass is 509 g/mol. The van der Waals surface area contributed by atoms with E-state index in [-0.39, 0.29) is 29.7 Å². The number of sulfone groups is 1. The van der Waals surface area contributed by atoms with Crippen molar-refractivity contribution in [2.45, 2.75) is 45.0 Å². The molecule has 154 valence electrons. The third kappa shape index (κ3) is 6.51. The highest BCUT2D eigenvalue weighted by molar-refractivity contribution is 14.0. The fraction of sp³-hybridized carbons (Fsp3) is 0.632. The predicted octanol–water partition coefficient (Wildman–Crippen LogP) is 2.94. The van der Waals surface area contributed by atoms with Crippen molar-refractivity contribution in [3.63, 3.8) is 0 Å². The van der Waals surface area contributed by atoms with Gasteiger partial charge in [-0.05, 0) is 46.8 Å². The van der Waals surface area contributed by atoms with Crippen molar-refractivity contribution >= 4 is 39.8 Å². The number of rotatable bonds is 5. The van der Waals surface area contributed by atoms with E-state index in [4.69, 9.17) is 9.73 Å². The summed E-state index contributed by atoms with van der Waals surface area (Å²) in [5.41, 5.74) is -0.473. The lowest BCUT2D eigenvalue weighted by atomic mass is 10.1. The van der Waals surface area contributed by atoms with Gasteiger partial charge >= 0.3 is 0 Å². The normalized spacial score (nSPS) is 19.1. The fourth-order valence-electron chi connectivity index (χ4n) is 2.86. The van der Waals surface area contributed by atoms with Crippen LogP contribution in [0.1, 0.15) is 34.6 Å². The largest absolute Gasteiger partial charge is 0.486 e.